The van der Waals surface area contributed by atoms with Gasteiger partial charge < -0.3 is 5.11 Å². The van der Waals surface area contributed by atoms with Crippen LogP contribution in [0, 0.1) is 6.92 Å². The zero-order chi connectivity index (χ0) is 14.2. The Hall–Kier alpha value is -0.550. The van der Waals surface area contributed by atoms with E-state index in [0.29, 0.717) is 22.0 Å². The van der Waals surface area contributed by atoms with Crippen molar-refractivity contribution in [2.24, 2.45) is 7.05 Å². The van der Waals surface area contributed by atoms with Crippen LogP contribution < -0.4 is 0 Å². The molecule has 1 heterocycles. The summed E-state index contributed by atoms with van der Waals surface area (Å²) >= 11 is 15.7. The zero-order valence-electron chi connectivity index (χ0n) is 10.5. The van der Waals surface area contributed by atoms with Gasteiger partial charge in [0, 0.05) is 28.5 Å². The molecule has 19 heavy (non-hydrogen) atoms. The Morgan fingerprint density at radius 1 is 1.42 bits per heavy atom. The van der Waals surface area contributed by atoms with Gasteiger partial charge in [-0.05, 0) is 25.1 Å². The number of nitrogens with zero attached hydrogens (tertiary/aromatic N) is 2. The molecule has 1 atom stereocenters. The average Bonchev–Trinajstić information content (AvgIpc) is 2.59. The van der Waals surface area contributed by atoms with E-state index in [-0.39, 0.29) is 0 Å². The highest BCUT2D eigenvalue weighted by atomic mass is 79.9. The van der Waals surface area contributed by atoms with E-state index in [1.54, 1.807) is 10.7 Å². The van der Waals surface area contributed by atoms with Crippen molar-refractivity contribution in [3.05, 3.63) is 49.7 Å². The maximum Gasteiger partial charge on any atom is 0.0860 e. The summed E-state index contributed by atoms with van der Waals surface area (Å²) < 4.78 is 2.56. The Morgan fingerprint density at radius 2 is 2.11 bits per heavy atom. The van der Waals surface area contributed by atoms with Crippen LogP contribution in [0.5, 0.6) is 0 Å². The topological polar surface area (TPSA) is 38.0 Å². The van der Waals surface area contributed by atoms with E-state index >= 15 is 0 Å². The number of benzene rings is 1. The van der Waals surface area contributed by atoms with E-state index in [0.717, 1.165) is 15.9 Å². The van der Waals surface area contributed by atoms with Gasteiger partial charge in [-0.3, -0.25) is 4.68 Å². The monoisotopic (exact) mass is 362 g/mol. The number of rotatable bonds is 3. The number of hydrogen-bond donors (Lipinski definition) is 1. The summed E-state index contributed by atoms with van der Waals surface area (Å²) in [5, 5.41) is 15.7. The van der Waals surface area contributed by atoms with Gasteiger partial charge >= 0.3 is 0 Å². The minimum atomic E-state index is -0.725. The molecular weight excluding hydrogens is 351 g/mol. The van der Waals surface area contributed by atoms with Crippen molar-refractivity contribution in [2.75, 3.05) is 0 Å². The Morgan fingerprint density at radius 3 is 2.68 bits per heavy atom. The molecule has 0 bridgehead atoms. The first-order valence-corrected chi connectivity index (χ1v) is 7.26. The van der Waals surface area contributed by atoms with Gasteiger partial charge in [0.1, 0.15) is 0 Å². The number of aromatic nitrogens is 2. The SMILES string of the molecule is Cc1nn(C)c(CC(O)c2cc(Br)ccc2Cl)c1Cl. The molecule has 0 fully saturated rings. The summed E-state index contributed by atoms with van der Waals surface area (Å²) in [6, 6.07) is 5.39. The summed E-state index contributed by atoms with van der Waals surface area (Å²) in [4.78, 5) is 0. The van der Waals surface area contributed by atoms with Crippen LogP contribution in [-0.2, 0) is 13.5 Å². The van der Waals surface area contributed by atoms with Crippen LogP contribution in [0.4, 0.5) is 0 Å². The van der Waals surface area contributed by atoms with Crippen molar-refractivity contribution in [1.82, 2.24) is 9.78 Å². The van der Waals surface area contributed by atoms with Crippen LogP contribution in [0.25, 0.3) is 0 Å². The second-order valence-corrected chi connectivity index (χ2v) is 6.06. The van der Waals surface area contributed by atoms with E-state index < -0.39 is 6.10 Å². The van der Waals surface area contributed by atoms with Crippen LogP contribution in [-0.4, -0.2) is 14.9 Å². The minimum Gasteiger partial charge on any atom is -0.388 e. The molecule has 0 saturated heterocycles. The van der Waals surface area contributed by atoms with Gasteiger partial charge in [-0.2, -0.15) is 5.10 Å². The van der Waals surface area contributed by atoms with Gasteiger partial charge in [-0.25, -0.2) is 0 Å². The maximum atomic E-state index is 10.3. The van der Waals surface area contributed by atoms with Crippen LogP contribution in [0.1, 0.15) is 23.1 Å². The molecule has 0 spiro atoms. The first-order chi connectivity index (χ1) is 8.90. The molecule has 0 aliphatic carbocycles. The summed E-state index contributed by atoms with van der Waals surface area (Å²) in [7, 11) is 1.81. The van der Waals surface area contributed by atoms with Crippen molar-refractivity contribution >= 4 is 39.1 Å². The third-order valence-corrected chi connectivity index (χ3v) is 4.29. The van der Waals surface area contributed by atoms with Gasteiger partial charge in [-0.15, -0.1) is 0 Å². The molecule has 1 unspecified atom stereocenters. The normalized spacial score (nSPS) is 12.7. The van der Waals surface area contributed by atoms with Crippen LogP contribution in [0.3, 0.4) is 0 Å². The molecular formula is C13H13BrCl2N2O. The van der Waals surface area contributed by atoms with Gasteiger partial charge in [0.25, 0.3) is 0 Å². The minimum absolute atomic E-state index is 0.367. The van der Waals surface area contributed by atoms with E-state index in [4.69, 9.17) is 23.2 Å². The Balaban J connectivity index is 2.30. The van der Waals surface area contributed by atoms with Gasteiger partial charge in [-0.1, -0.05) is 39.1 Å². The molecule has 6 heteroatoms. The molecule has 2 aromatic rings. The molecule has 1 N–H and O–H groups in total. The average molecular weight is 364 g/mol. The van der Waals surface area contributed by atoms with Crippen molar-refractivity contribution in [3.63, 3.8) is 0 Å². The van der Waals surface area contributed by atoms with Crippen molar-refractivity contribution in [1.29, 1.82) is 0 Å². The van der Waals surface area contributed by atoms with Crippen LogP contribution in [0.2, 0.25) is 10.0 Å². The second kappa shape index (κ2) is 5.83. The van der Waals surface area contributed by atoms with Crippen molar-refractivity contribution in [2.45, 2.75) is 19.4 Å². The Kier molecular flexibility index (Phi) is 4.56. The molecule has 0 aliphatic rings. The summed E-state index contributed by atoms with van der Waals surface area (Å²) in [5.41, 5.74) is 2.22. The lowest BCUT2D eigenvalue weighted by atomic mass is 10.0. The molecule has 3 nitrogen and oxygen atoms in total. The Labute approximate surface area is 130 Å². The zero-order valence-corrected chi connectivity index (χ0v) is 13.6. The van der Waals surface area contributed by atoms with Gasteiger partial charge in [0.05, 0.1) is 22.5 Å². The fourth-order valence-corrected chi connectivity index (χ4v) is 2.82. The van der Waals surface area contributed by atoms with Crippen LogP contribution >= 0.6 is 39.1 Å². The van der Waals surface area contributed by atoms with E-state index in [2.05, 4.69) is 21.0 Å². The molecule has 0 amide bonds. The largest absolute Gasteiger partial charge is 0.388 e. The number of halogens is 3. The fourth-order valence-electron chi connectivity index (χ4n) is 1.96. The second-order valence-electron chi connectivity index (χ2n) is 4.36. The van der Waals surface area contributed by atoms with E-state index in [9.17, 15) is 5.11 Å². The summed E-state index contributed by atoms with van der Waals surface area (Å²) in [6.45, 7) is 1.84. The molecule has 102 valence electrons. The molecule has 2 rings (SSSR count). The molecule has 0 radical (unpaired) electrons. The lowest BCUT2D eigenvalue weighted by Gasteiger charge is -2.13. The maximum absolute atomic E-state index is 10.3. The lowest BCUT2D eigenvalue weighted by Crippen LogP contribution is -2.07. The lowest BCUT2D eigenvalue weighted by molar-refractivity contribution is 0.176. The highest BCUT2D eigenvalue weighted by Gasteiger charge is 2.18. The van der Waals surface area contributed by atoms with Gasteiger partial charge in [0.2, 0.25) is 0 Å². The van der Waals surface area contributed by atoms with Gasteiger partial charge in [0.15, 0.2) is 0 Å². The highest BCUT2D eigenvalue weighted by Crippen LogP contribution is 2.30. The molecule has 0 aliphatic heterocycles. The van der Waals surface area contributed by atoms with Crippen LogP contribution in [0.15, 0.2) is 22.7 Å². The third kappa shape index (κ3) is 3.14. The molecule has 1 aromatic carbocycles. The first-order valence-electron chi connectivity index (χ1n) is 5.71. The van der Waals surface area contributed by atoms with Crippen molar-refractivity contribution in [3.8, 4) is 0 Å². The predicted molar refractivity (Wildman–Crippen MR) is 80.8 cm³/mol. The third-order valence-electron chi connectivity index (χ3n) is 2.97. The standard InChI is InChI=1S/C13H13BrCl2N2O/c1-7-13(16)11(18(2)17-7)6-12(19)9-5-8(14)3-4-10(9)15/h3-5,12,19H,6H2,1-2H3. The van der Waals surface area contributed by atoms with E-state index in [1.165, 1.54) is 0 Å². The predicted octanol–water partition coefficient (Wildman–Crippen LogP) is 4.07. The van der Waals surface area contributed by atoms with Crippen molar-refractivity contribution < 1.29 is 5.11 Å². The highest BCUT2D eigenvalue weighted by molar-refractivity contribution is 9.10. The number of aliphatic hydroxyl groups excluding tert-OH is 1. The Bertz CT molecular complexity index is 613. The quantitative estimate of drug-likeness (QED) is 0.892. The molecule has 0 saturated carbocycles. The van der Waals surface area contributed by atoms with E-state index in [1.807, 2.05) is 26.1 Å². The number of aliphatic hydroxyl groups is 1. The first kappa shape index (κ1) is 14.9. The molecule has 1 aromatic heterocycles. The number of aryl methyl sites for hydroxylation is 2. The summed E-state index contributed by atoms with van der Waals surface area (Å²) in [6.07, 6.45) is -0.357. The summed E-state index contributed by atoms with van der Waals surface area (Å²) in [5.74, 6) is 0. The fraction of sp³-hybridized carbons (Fsp3) is 0.308. The number of hydrogen-bond acceptors (Lipinski definition) is 2. The smallest absolute Gasteiger partial charge is 0.0860 e.